The van der Waals surface area contributed by atoms with Gasteiger partial charge in [-0.25, -0.2) is 0 Å². The maximum atomic E-state index is 4.37. The van der Waals surface area contributed by atoms with Gasteiger partial charge in [0.15, 0.2) is 0 Å². The molecule has 3 heteroatoms. The van der Waals surface area contributed by atoms with Crippen molar-refractivity contribution in [1.29, 1.82) is 0 Å². The predicted octanol–water partition coefficient (Wildman–Crippen LogP) is 5.20. The maximum Gasteiger partial charge on any atom is 0.0757 e. The minimum atomic E-state index is 1.13. The van der Waals surface area contributed by atoms with Crippen LogP contribution in [0.4, 0.5) is 0 Å². The molecule has 3 aromatic rings. The van der Waals surface area contributed by atoms with E-state index >= 15 is 0 Å². The second kappa shape index (κ2) is 9.50. The molecule has 0 N–H and O–H groups in total. The molecular weight excluding hydrogens is 270 g/mol. The molecule has 0 aliphatic carbocycles. The molecule has 0 bridgehead atoms. The van der Waals surface area contributed by atoms with Crippen LogP contribution in [0.1, 0.15) is 27.7 Å². The fourth-order valence-electron chi connectivity index (χ4n) is 2.12. The fraction of sp³-hybridized carbons (Fsp3) is 0.263. The first-order chi connectivity index (χ1) is 10.9. The van der Waals surface area contributed by atoms with Crippen molar-refractivity contribution in [3.8, 4) is 22.4 Å². The quantitative estimate of drug-likeness (QED) is 0.650. The Labute approximate surface area is 133 Å². The van der Waals surface area contributed by atoms with Crippen LogP contribution in [0.3, 0.4) is 0 Å². The number of aromatic nitrogens is 3. The molecular formula is C19H25N3. The topological polar surface area (TPSA) is 30.7 Å². The van der Waals surface area contributed by atoms with Gasteiger partial charge in [0.2, 0.25) is 0 Å². The summed E-state index contributed by atoms with van der Waals surface area (Å²) < 4.78 is 1.91. The summed E-state index contributed by atoms with van der Waals surface area (Å²) in [5, 5.41) is 4.37. The van der Waals surface area contributed by atoms with Crippen LogP contribution >= 0.6 is 0 Å². The molecule has 22 heavy (non-hydrogen) atoms. The third-order valence-corrected chi connectivity index (χ3v) is 2.98. The van der Waals surface area contributed by atoms with Gasteiger partial charge in [-0.2, -0.15) is 5.10 Å². The number of pyridine rings is 1. The van der Waals surface area contributed by atoms with E-state index in [0.717, 1.165) is 16.8 Å². The summed E-state index contributed by atoms with van der Waals surface area (Å²) in [5.74, 6) is 0. The van der Waals surface area contributed by atoms with Gasteiger partial charge in [0.05, 0.1) is 11.9 Å². The summed E-state index contributed by atoms with van der Waals surface area (Å²) in [7, 11) is 1.97. The first kappa shape index (κ1) is 17.6. The van der Waals surface area contributed by atoms with Crippen molar-refractivity contribution in [3.63, 3.8) is 0 Å². The van der Waals surface area contributed by atoms with E-state index in [2.05, 4.69) is 22.2 Å². The van der Waals surface area contributed by atoms with E-state index in [0.29, 0.717) is 0 Å². The highest BCUT2D eigenvalue weighted by Crippen LogP contribution is 2.30. The molecule has 0 unspecified atom stereocenters. The molecule has 1 aromatic carbocycles. The molecule has 0 saturated carbocycles. The van der Waals surface area contributed by atoms with E-state index in [-0.39, 0.29) is 0 Å². The molecule has 0 fully saturated rings. The van der Waals surface area contributed by atoms with Crippen LogP contribution in [0.5, 0.6) is 0 Å². The van der Waals surface area contributed by atoms with Crippen molar-refractivity contribution in [1.82, 2.24) is 14.8 Å². The minimum absolute atomic E-state index is 1.13. The normalized spacial score (nSPS) is 9.14. The van der Waals surface area contributed by atoms with E-state index in [4.69, 9.17) is 0 Å². The molecule has 0 atom stereocenters. The lowest BCUT2D eigenvalue weighted by Gasteiger charge is -2.06. The molecule has 0 aliphatic heterocycles. The Balaban J connectivity index is 0.000000561. The smallest absolute Gasteiger partial charge is 0.0757 e. The summed E-state index contributed by atoms with van der Waals surface area (Å²) in [6, 6.07) is 14.3. The van der Waals surface area contributed by atoms with Gasteiger partial charge in [0, 0.05) is 30.6 Å². The fourth-order valence-corrected chi connectivity index (χ4v) is 2.12. The maximum absolute atomic E-state index is 4.37. The third kappa shape index (κ3) is 4.04. The molecule has 3 rings (SSSR count). The molecule has 3 nitrogen and oxygen atoms in total. The zero-order valence-electron chi connectivity index (χ0n) is 14.1. The second-order valence-corrected chi connectivity index (χ2v) is 4.13. The summed E-state index contributed by atoms with van der Waals surface area (Å²) in [6.45, 7) is 8.00. The zero-order chi connectivity index (χ0) is 16.4. The monoisotopic (exact) mass is 295 g/mol. The van der Waals surface area contributed by atoms with Gasteiger partial charge in [-0.1, -0.05) is 58.0 Å². The number of rotatable bonds is 2. The zero-order valence-corrected chi connectivity index (χ0v) is 14.1. The Bertz CT molecular complexity index is 643. The highest BCUT2D eigenvalue weighted by Gasteiger charge is 2.11. The summed E-state index contributed by atoms with van der Waals surface area (Å²) in [4.78, 5) is 4.05. The average molecular weight is 295 g/mol. The Morgan fingerprint density at radius 2 is 1.36 bits per heavy atom. The SMILES string of the molecule is CC.CC.Cn1ncc(-c2ccncc2)c1-c1ccccc1. The lowest BCUT2D eigenvalue weighted by molar-refractivity contribution is 0.776. The molecule has 2 aromatic heterocycles. The number of aryl methyl sites for hydroxylation is 1. The minimum Gasteiger partial charge on any atom is -0.267 e. The number of benzene rings is 1. The van der Waals surface area contributed by atoms with Gasteiger partial charge in [0.25, 0.3) is 0 Å². The first-order valence-electron chi connectivity index (χ1n) is 7.84. The standard InChI is InChI=1S/C15H13N3.2C2H6/c1-18-15(13-5-3-2-4-6-13)14(11-17-18)12-7-9-16-10-8-12;2*1-2/h2-11H,1H3;2*1-2H3. The van der Waals surface area contributed by atoms with Crippen molar-refractivity contribution in [3.05, 3.63) is 61.1 Å². The van der Waals surface area contributed by atoms with Crippen LogP contribution in [0.2, 0.25) is 0 Å². The van der Waals surface area contributed by atoms with Gasteiger partial charge in [-0.05, 0) is 17.7 Å². The number of hydrogen-bond acceptors (Lipinski definition) is 2. The average Bonchev–Trinajstić information content (AvgIpc) is 3.01. The Morgan fingerprint density at radius 3 is 1.95 bits per heavy atom. The van der Waals surface area contributed by atoms with E-state index in [1.165, 1.54) is 5.56 Å². The number of nitrogens with zero attached hydrogens (tertiary/aromatic N) is 3. The van der Waals surface area contributed by atoms with Crippen molar-refractivity contribution >= 4 is 0 Å². The van der Waals surface area contributed by atoms with E-state index in [1.807, 2.05) is 76.0 Å². The van der Waals surface area contributed by atoms with Crippen LogP contribution in [0.15, 0.2) is 61.1 Å². The van der Waals surface area contributed by atoms with Crippen molar-refractivity contribution < 1.29 is 0 Å². The van der Waals surface area contributed by atoms with Crippen LogP contribution in [0.25, 0.3) is 22.4 Å². The highest BCUT2D eigenvalue weighted by atomic mass is 15.3. The van der Waals surface area contributed by atoms with Crippen LogP contribution in [0, 0.1) is 0 Å². The van der Waals surface area contributed by atoms with Crippen LogP contribution in [-0.4, -0.2) is 14.8 Å². The summed E-state index contributed by atoms with van der Waals surface area (Å²) in [6.07, 6.45) is 5.51. The van der Waals surface area contributed by atoms with Gasteiger partial charge in [-0.3, -0.25) is 9.67 Å². The Hall–Kier alpha value is -2.42. The highest BCUT2D eigenvalue weighted by molar-refractivity contribution is 5.80. The lowest BCUT2D eigenvalue weighted by atomic mass is 10.0. The van der Waals surface area contributed by atoms with Crippen LogP contribution < -0.4 is 0 Å². The van der Waals surface area contributed by atoms with Crippen molar-refractivity contribution in [2.24, 2.45) is 7.05 Å². The lowest BCUT2D eigenvalue weighted by Crippen LogP contribution is -1.94. The van der Waals surface area contributed by atoms with Crippen molar-refractivity contribution in [2.75, 3.05) is 0 Å². The molecule has 0 aliphatic rings. The van der Waals surface area contributed by atoms with Crippen LogP contribution in [-0.2, 0) is 7.05 Å². The van der Waals surface area contributed by atoms with E-state index < -0.39 is 0 Å². The molecule has 0 spiro atoms. The molecule has 0 radical (unpaired) electrons. The van der Waals surface area contributed by atoms with Gasteiger partial charge >= 0.3 is 0 Å². The molecule has 0 amide bonds. The number of hydrogen-bond donors (Lipinski definition) is 0. The van der Waals surface area contributed by atoms with E-state index in [1.54, 1.807) is 12.4 Å². The largest absolute Gasteiger partial charge is 0.267 e. The van der Waals surface area contributed by atoms with Gasteiger partial charge in [-0.15, -0.1) is 0 Å². The Morgan fingerprint density at radius 1 is 0.773 bits per heavy atom. The van der Waals surface area contributed by atoms with E-state index in [9.17, 15) is 0 Å². The first-order valence-corrected chi connectivity index (χ1v) is 7.84. The predicted molar refractivity (Wildman–Crippen MR) is 94.6 cm³/mol. The summed E-state index contributed by atoms with van der Waals surface area (Å²) in [5.41, 5.74) is 4.56. The summed E-state index contributed by atoms with van der Waals surface area (Å²) >= 11 is 0. The van der Waals surface area contributed by atoms with Gasteiger partial charge in [0.1, 0.15) is 0 Å². The second-order valence-electron chi connectivity index (χ2n) is 4.13. The van der Waals surface area contributed by atoms with Crippen molar-refractivity contribution in [2.45, 2.75) is 27.7 Å². The molecule has 116 valence electrons. The molecule has 2 heterocycles. The molecule has 0 saturated heterocycles. The Kier molecular flexibility index (Phi) is 7.62. The third-order valence-electron chi connectivity index (χ3n) is 2.98. The van der Waals surface area contributed by atoms with Gasteiger partial charge < -0.3 is 0 Å².